The summed E-state index contributed by atoms with van der Waals surface area (Å²) < 4.78 is 19.7. The molecule has 1 saturated carbocycles. The predicted octanol–water partition coefficient (Wildman–Crippen LogP) is 7.14. The molecule has 6 rings (SSSR count). The van der Waals surface area contributed by atoms with Crippen molar-refractivity contribution in [2.24, 2.45) is 0 Å². The SMILES string of the molecule is CN(C)c1ccc(NC(=O)Oc2ccc(-c3c(C#N)c4ccc(OC5CCOCC5)cc4n3C3CCC3)cc2)cc1. The van der Waals surface area contributed by atoms with Crippen molar-refractivity contribution in [1.29, 1.82) is 5.26 Å². The molecule has 0 bridgehead atoms. The number of nitrogens with zero attached hydrogens (tertiary/aromatic N) is 3. The van der Waals surface area contributed by atoms with Gasteiger partial charge in [-0.3, -0.25) is 5.32 Å². The summed E-state index contributed by atoms with van der Waals surface area (Å²) in [7, 11) is 3.93. The maximum atomic E-state index is 12.5. The molecule has 1 N–H and O–H groups in total. The second-order valence-electron chi connectivity index (χ2n) is 10.9. The Morgan fingerprint density at radius 1 is 0.976 bits per heavy atom. The Kier molecular flexibility index (Phi) is 7.53. The van der Waals surface area contributed by atoms with Crippen LogP contribution >= 0.6 is 0 Å². The van der Waals surface area contributed by atoms with Crippen LogP contribution in [0, 0.1) is 11.3 Å². The van der Waals surface area contributed by atoms with Gasteiger partial charge in [-0.05, 0) is 85.5 Å². The molecule has 41 heavy (non-hydrogen) atoms. The molecular formula is C33H34N4O4. The molecule has 0 radical (unpaired) electrons. The number of hydrogen-bond acceptors (Lipinski definition) is 6. The smallest absolute Gasteiger partial charge is 0.417 e. The number of nitriles is 1. The highest BCUT2D eigenvalue weighted by atomic mass is 16.6. The van der Waals surface area contributed by atoms with Crippen molar-refractivity contribution < 1.29 is 19.0 Å². The molecule has 2 heterocycles. The molecule has 1 aliphatic carbocycles. The van der Waals surface area contributed by atoms with E-state index >= 15 is 0 Å². The third-order valence-corrected chi connectivity index (χ3v) is 7.97. The number of benzene rings is 3. The first-order chi connectivity index (χ1) is 20.0. The first-order valence-corrected chi connectivity index (χ1v) is 14.2. The molecule has 1 aromatic heterocycles. The molecular weight excluding hydrogens is 516 g/mol. The summed E-state index contributed by atoms with van der Waals surface area (Å²) in [6.45, 7) is 1.44. The van der Waals surface area contributed by atoms with E-state index in [2.05, 4.69) is 22.0 Å². The van der Waals surface area contributed by atoms with Gasteiger partial charge in [-0.1, -0.05) is 0 Å². The Labute approximate surface area is 240 Å². The molecule has 0 atom stereocenters. The molecule has 0 unspecified atom stereocenters. The summed E-state index contributed by atoms with van der Waals surface area (Å²) in [5.41, 5.74) is 5.17. The predicted molar refractivity (Wildman–Crippen MR) is 160 cm³/mol. The van der Waals surface area contributed by atoms with Crippen LogP contribution in [0.5, 0.6) is 11.5 Å². The average molecular weight is 551 g/mol. The van der Waals surface area contributed by atoms with Crippen LogP contribution in [-0.2, 0) is 4.74 Å². The Morgan fingerprint density at radius 3 is 2.32 bits per heavy atom. The zero-order valence-corrected chi connectivity index (χ0v) is 23.4. The van der Waals surface area contributed by atoms with Gasteiger partial charge in [0.25, 0.3) is 0 Å². The number of aromatic nitrogens is 1. The Bertz CT molecular complexity index is 1580. The van der Waals surface area contributed by atoms with Gasteiger partial charge in [-0.15, -0.1) is 0 Å². The summed E-state index contributed by atoms with van der Waals surface area (Å²) in [5, 5.41) is 14.0. The quantitative estimate of drug-likeness (QED) is 0.263. The first kappa shape index (κ1) is 26.7. The molecule has 0 spiro atoms. The van der Waals surface area contributed by atoms with Crippen LogP contribution in [-0.4, -0.2) is 44.1 Å². The minimum Gasteiger partial charge on any atom is -0.490 e. The van der Waals surface area contributed by atoms with Gasteiger partial charge in [0.2, 0.25) is 0 Å². The van der Waals surface area contributed by atoms with Crippen molar-refractivity contribution in [3.63, 3.8) is 0 Å². The van der Waals surface area contributed by atoms with Crippen LogP contribution in [0.2, 0.25) is 0 Å². The van der Waals surface area contributed by atoms with Gasteiger partial charge in [0, 0.05) is 55.8 Å². The van der Waals surface area contributed by atoms with E-state index in [0.29, 0.717) is 23.0 Å². The van der Waals surface area contributed by atoms with Gasteiger partial charge in [-0.25, -0.2) is 4.79 Å². The fraction of sp³-hybridized carbons (Fsp3) is 0.333. The van der Waals surface area contributed by atoms with Gasteiger partial charge < -0.3 is 23.7 Å². The van der Waals surface area contributed by atoms with Crippen LogP contribution in [0.25, 0.3) is 22.2 Å². The summed E-state index contributed by atoms with van der Waals surface area (Å²) in [4.78, 5) is 14.5. The van der Waals surface area contributed by atoms with Crippen LogP contribution < -0.4 is 19.7 Å². The highest BCUT2D eigenvalue weighted by Crippen LogP contribution is 2.43. The van der Waals surface area contributed by atoms with Gasteiger partial charge in [0.15, 0.2) is 0 Å². The highest BCUT2D eigenvalue weighted by Gasteiger charge is 2.28. The van der Waals surface area contributed by atoms with Crippen LogP contribution in [0.1, 0.15) is 43.7 Å². The van der Waals surface area contributed by atoms with E-state index in [9.17, 15) is 10.1 Å². The van der Waals surface area contributed by atoms with E-state index in [1.54, 1.807) is 12.1 Å². The zero-order valence-electron chi connectivity index (χ0n) is 23.4. The number of carbonyl (C=O) groups is 1. The lowest BCUT2D eigenvalue weighted by molar-refractivity contribution is 0.0256. The van der Waals surface area contributed by atoms with Gasteiger partial charge in [-0.2, -0.15) is 5.26 Å². The average Bonchev–Trinajstić information content (AvgIpc) is 3.26. The van der Waals surface area contributed by atoms with Crippen molar-refractivity contribution in [2.45, 2.75) is 44.2 Å². The van der Waals surface area contributed by atoms with E-state index in [4.69, 9.17) is 14.2 Å². The molecule has 1 aliphatic heterocycles. The Morgan fingerprint density at radius 2 is 1.68 bits per heavy atom. The lowest BCUT2D eigenvalue weighted by Gasteiger charge is -2.30. The number of ether oxygens (including phenoxy) is 3. The normalized spacial score (nSPS) is 15.6. The molecule has 210 valence electrons. The fourth-order valence-corrected chi connectivity index (χ4v) is 5.55. The van der Waals surface area contributed by atoms with Crippen LogP contribution in [0.3, 0.4) is 0 Å². The topological polar surface area (TPSA) is 88.8 Å². The maximum absolute atomic E-state index is 12.5. The third-order valence-electron chi connectivity index (χ3n) is 7.97. The molecule has 2 aliphatic rings. The first-order valence-electron chi connectivity index (χ1n) is 14.2. The highest BCUT2D eigenvalue weighted by molar-refractivity contribution is 5.95. The third kappa shape index (κ3) is 5.59. The lowest BCUT2D eigenvalue weighted by Crippen LogP contribution is -2.25. The molecule has 2 fully saturated rings. The van der Waals surface area contributed by atoms with Gasteiger partial charge >= 0.3 is 6.09 Å². The zero-order chi connectivity index (χ0) is 28.3. The van der Waals surface area contributed by atoms with Gasteiger partial charge in [0.05, 0.1) is 30.0 Å². The van der Waals surface area contributed by atoms with Crippen molar-refractivity contribution in [2.75, 3.05) is 37.5 Å². The van der Waals surface area contributed by atoms with Crippen molar-refractivity contribution >= 4 is 28.4 Å². The molecule has 3 aromatic carbocycles. The largest absolute Gasteiger partial charge is 0.490 e. The number of anilines is 2. The van der Waals surface area contributed by atoms with E-state index in [-0.39, 0.29) is 6.10 Å². The van der Waals surface area contributed by atoms with E-state index in [1.807, 2.05) is 67.5 Å². The number of fused-ring (bicyclic) bond motifs is 1. The number of nitrogens with one attached hydrogen (secondary N) is 1. The van der Waals surface area contributed by atoms with Crippen molar-refractivity contribution in [3.8, 4) is 28.8 Å². The Balaban J connectivity index is 1.26. The van der Waals surface area contributed by atoms with E-state index in [1.165, 1.54) is 6.42 Å². The summed E-state index contributed by atoms with van der Waals surface area (Å²) in [6, 6.07) is 23.8. The minimum atomic E-state index is -0.561. The minimum absolute atomic E-state index is 0.144. The van der Waals surface area contributed by atoms with Crippen LogP contribution in [0.4, 0.5) is 16.2 Å². The second kappa shape index (κ2) is 11.6. The lowest BCUT2D eigenvalue weighted by atomic mass is 9.92. The molecule has 4 aromatic rings. The molecule has 8 heteroatoms. The maximum Gasteiger partial charge on any atom is 0.417 e. The number of rotatable bonds is 7. The van der Waals surface area contributed by atoms with E-state index < -0.39 is 6.09 Å². The molecule has 1 amide bonds. The van der Waals surface area contributed by atoms with Crippen molar-refractivity contribution in [3.05, 3.63) is 72.3 Å². The fourth-order valence-electron chi connectivity index (χ4n) is 5.55. The number of amides is 1. The summed E-state index contributed by atoms with van der Waals surface area (Å²) in [6.07, 6.45) is 4.66. The molecule has 8 nitrogen and oxygen atoms in total. The van der Waals surface area contributed by atoms with Gasteiger partial charge in [0.1, 0.15) is 23.7 Å². The van der Waals surface area contributed by atoms with Crippen molar-refractivity contribution in [1.82, 2.24) is 4.57 Å². The summed E-state index contributed by atoms with van der Waals surface area (Å²) >= 11 is 0. The summed E-state index contributed by atoms with van der Waals surface area (Å²) in [5.74, 6) is 1.25. The standard InChI is InChI=1S/C33H34N4O4/c1-36(2)24-10-8-23(9-11-24)35-33(38)41-26-12-6-22(7-13-26)32-30(21-34)29-15-14-28(40-27-16-18-39-19-17-27)20-31(29)37(32)25-4-3-5-25/h6-15,20,25,27H,3-5,16-19H2,1-2H3,(H,35,38). The number of hydrogen-bond donors (Lipinski definition) is 1. The van der Waals surface area contributed by atoms with E-state index in [0.717, 1.165) is 72.5 Å². The molecule has 1 saturated heterocycles. The second-order valence-corrected chi connectivity index (χ2v) is 10.9. The van der Waals surface area contributed by atoms with Crippen LogP contribution in [0.15, 0.2) is 66.7 Å². The monoisotopic (exact) mass is 550 g/mol. The number of carbonyl (C=O) groups excluding carboxylic acids is 1. The Hall–Kier alpha value is -4.48.